The number of terminal acetylenes is 1. The molecule has 0 aliphatic rings. The fraction of sp³-hybridized carbons (Fsp3) is 0.259. The van der Waals surface area contributed by atoms with Crippen molar-refractivity contribution in [3.05, 3.63) is 69.8 Å². The number of benzene rings is 2. The summed E-state index contributed by atoms with van der Waals surface area (Å²) in [6.45, 7) is 1.75. The summed E-state index contributed by atoms with van der Waals surface area (Å²) < 4.78 is 0. The van der Waals surface area contributed by atoms with Crippen LogP contribution in [-0.4, -0.2) is 63.1 Å². The minimum atomic E-state index is -1.35. The van der Waals surface area contributed by atoms with E-state index in [-0.39, 0.29) is 30.5 Å². The SMILES string of the molecule is C#CCN(Cc1ccc2nc(C)[nH]c(=O)c2c1)c1ccc(C(=O)N[C@@H](CCC(=O)NCC(=O)O)C(=O)O)cc1. The van der Waals surface area contributed by atoms with Gasteiger partial charge in [-0.3, -0.25) is 19.2 Å². The zero-order chi connectivity index (χ0) is 28.5. The van der Waals surface area contributed by atoms with E-state index >= 15 is 0 Å². The van der Waals surface area contributed by atoms with E-state index in [9.17, 15) is 29.1 Å². The number of hydrogen-bond acceptors (Lipinski definition) is 7. The van der Waals surface area contributed by atoms with Crippen LogP contribution in [0.4, 0.5) is 5.69 Å². The third-order valence-electron chi connectivity index (χ3n) is 5.74. The van der Waals surface area contributed by atoms with E-state index in [0.717, 1.165) is 5.56 Å². The highest BCUT2D eigenvalue weighted by molar-refractivity contribution is 5.97. The molecule has 1 atom stereocenters. The Morgan fingerprint density at radius 1 is 1.13 bits per heavy atom. The van der Waals surface area contributed by atoms with Crippen molar-refractivity contribution in [3.63, 3.8) is 0 Å². The lowest BCUT2D eigenvalue weighted by molar-refractivity contribution is -0.140. The number of rotatable bonds is 12. The zero-order valence-electron chi connectivity index (χ0n) is 21.1. The van der Waals surface area contributed by atoms with Gasteiger partial charge in [0.05, 0.1) is 17.4 Å². The molecule has 0 saturated heterocycles. The lowest BCUT2D eigenvalue weighted by atomic mass is 10.1. The highest BCUT2D eigenvalue weighted by Gasteiger charge is 2.22. The Morgan fingerprint density at radius 3 is 2.49 bits per heavy atom. The van der Waals surface area contributed by atoms with E-state index in [1.165, 1.54) is 12.1 Å². The summed E-state index contributed by atoms with van der Waals surface area (Å²) >= 11 is 0. The maximum atomic E-state index is 12.7. The number of carbonyl (C=O) groups excluding carboxylic acids is 2. The van der Waals surface area contributed by atoms with Crippen LogP contribution in [-0.2, 0) is 20.9 Å². The molecule has 0 bridgehead atoms. The third kappa shape index (κ3) is 7.90. The average Bonchev–Trinajstić information content (AvgIpc) is 2.89. The van der Waals surface area contributed by atoms with Crippen molar-refractivity contribution in [2.75, 3.05) is 18.0 Å². The molecule has 202 valence electrons. The van der Waals surface area contributed by atoms with E-state index < -0.39 is 36.3 Å². The molecule has 0 fully saturated rings. The summed E-state index contributed by atoms with van der Waals surface area (Å²) in [5, 5.41) is 23.0. The number of aromatic nitrogens is 2. The lowest BCUT2D eigenvalue weighted by Gasteiger charge is -2.23. The molecule has 0 aliphatic carbocycles. The Kier molecular flexibility index (Phi) is 9.37. The largest absolute Gasteiger partial charge is 0.480 e. The number of amides is 2. The summed E-state index contributed by atoms with van der Waals surface area (Å²) in [5.41, 5.74) is 2.07. The number of H-pyrrole nitrogens is 1. The molecule has 0 saturated carbocycles. The van der Waals surface area contributed by atoms with Gasteiger partial charge in [0, 0.05) is 24.2 Å². The van der Waals surface area contributed by atoms with E-state index in [0.29, 0.717) is 29.0 Å². The predicted octanol–water partition coefficient (Wildman–Crippen LogP) is 1.04. The Labute approximate surface area is 223 Å². The summed E-state index contributed by atoms with van der Waals surface area (Å²) in [7, 11) is 0. The van der Waals surface area contributed by atoms with Crippen LogP contribution in [0.15, 0.2) is 47.3 Å². The van der Waals surface area contributed by atoms with Crippen molar-refractivity contribution in [2.24, 2.45) is 0 Å². The van der Waals surface area contributed by atoms with Gasteiger partial charge in [0.25, 0.3) is 11.5 Å². The van der Waals surface area contributed by atoms with Crippen molar-refractivity contribution in [3.8, 4) is 12.3 Å². The van der Waals surface area contributed by atoms with Gasteiger partial charge in [0.15, 0.2) is 0 Å². The number of carboxylic acids is 2. The number of fused-ring (bicyclic) bond motifs is 1. The summed E-state index contributed by atoms with van der Waals surface area (Å²) in [5.74, 6) is -0.732. The van der Waals surface area contributed by atoms with E-state index in [2.05, 4.69) is 26.5 Å². The summed E-state index contributed by atoms with van der Waals surface area (Å²) in [6, 6.07) is 10.4. The number of carbonyl (C=O) groups is 4. The molecule has 0 unspecified atom stereocenters. The minimum absolute atomic E-state index is 0.194. The molecule has 1 aromatic heterocycles. The van der Waals surface area contributed by atoms with Crippen LogP contribution in [0, 0.1) is 19.3 Å². The molecule has 12 heteroatoms. The molecule has 5 N–H and O–H groups in total. The van der Waals surface area contributed by atoms with E-state index in [1.54, 1.807) is 31.2 Å². The molecule has 3 aromatic rings. The Morgan fingerprint density at radius 2 is 1.85 bits per heavy atom. The van der Waals surface area contributed by atoms with Crippen LogP contribution in [0.5, 0.6) is 0 Å². The summed E-state index contributed by atoms with van der Waals surface area (Å²) in [4.78, 5) is 67.6. The van der Waals surface area contributed by atoms with Crippen molar-refractivity contribution in [1.29, 1.82) is 0 Å². The normalized spacial score (nSPS) is 11.3. The van der Waals surface area contributed by atoms with Crippen molar-refractivity contribution in [2.45, 2.75) is 32.4 Å². The molecule has 0 spiro atoms. The van der Waals surface area contributed by atoms with Gasteiger partial charge in [-0.15, -0.1) is 6.42 Å². The standard InChI is InChI=1S/C27H27N5O7/c1-3-12-32(15-17-4-9-21-20(13-17)26(37)30-16(2)29-21)19-7-5-18(6-8-19)25(36)31-22(27(38)39)10-11-23(33)28-14-24(34)35/h1,4-9,13,22H,10-12,14-15H2,2H3,(H,28,33)(H,31,36)(H,34,35)(H,38,39)(H,29,30,37)/t22-/m0/s1. The first kappa shape index (κ1) is 28.4. The van der Waals surface area contributed by atoms with Crippen LogP contribution < -0.4 is 21.1 Å². The minimum Gasteiger partial charge on any atom is -0.480 e. The molecule has 0 radical (unpaired) electrons. The maximum absolute atomic E-state index is 12.7. The average molecular weight is 534 g/mol. The molecular weight excluding hydrogens is 506 g/mol. The van der Waals surface area contributed by atoms with Gasteiger partial charge in [0.2, 0.25) is 5.91 Å². The topological polar surface area (TPSA) is 182 Å². The third-order valence-corrected chi connectivity index (χ3v) is 5.74. The molecule has 2 amide bonds. The van der Waals surface area contributed by atoms with Gasteiger partial charge in [0.1, 0.15) is 18.4 Å². The predicted molar refractivity (Wildman–Crippen MR) is 142 cm³/mol. The highest BCUT2D eigenvalue weighted by Crippen LogP contribution is 2.20. The number of anilines is 1. The maximum Gasteiger partial charge on any atom is 0.326 e. The zero-order valence-corrected chi connectivity index (χ0v) is 21.1. The fourth-order valence-corrected chi connectivity index (χ4v) is 3.83. The fourth-order valence-electron chi connectivity index (χ4n) is 3.83. The van der Waals surface area contributed by atoms with E-state index in [1.807, 2.05) is 11.0 Å². The molecule has 3 rings (SSSR count). The number of carboxylic acid groups (broad SMARTS) is 2. The van der Waals surface area contributed by atoms with Crippen molar-refractivity contribution < 1.29 is 29.4 Å². The first-order valence-electron chi connectivity index (χ1n) is 11.9. The van der Waals surface area contributed by atoms with Crippen LogP contribution in [0.2, 0.25) is 0 Å². The van der Waals surface area contributed by atoms with Gasteiger partial charge >= 0.3 is 11.9 Å². The second kappa shape index (κ2) is 12.9. The number of aromatic amines is 1. The number of aryl methyl sites for hydroxylation is 1. The van der Waals surface area contributed by atoms with Crippen LogP contribution in [0.3, 0.4) is 0 Å². The highest BCUT2D eigenvalue weighted by atomic mass is 16.4. The van der Waals surface area contributed by atoms with Gasteiger partial charge in [-0.05, 0) is 55.3 Å². The molecule has 1 heterocycles. The van der Waals surface area contributed by atoms with Crippen molar-refractivity contribution in [1.82, 2.24) is 20.6 Å². The number of hydrogen-bond donors (Lipinski definition) is 5. The molecule has 0 aliphatic heterocycles. The van der Waals surface area contributed by atoms with Gasteiger partial charge in [-0.25, -0.2) is 9.78 Å². The van der Waals surface area contributed by atoms with Gasteiger partial charge < -0.3 is 30.7 Å². The van der Waals surface area contributed by atoms with E-state index in [4.69, 9.17) is 11.5 Å². The molecule has 12 nitrogen and oxygen atoms in total. The second-order valence-electron chi connectivity index (χ2n) is 8.68. The smallest absolute Gasteiger partial charge is 0.326 e. The molecule has 2 aromatic carbocycles. The molecule has 39 heavy (non-hydrogen) atoms. The molecular formula is C27H27N5O7. The summed E-state index contributed by atoms with van der Waals surface area (Å²) in [6.07, 6.45) is 5.07. The first-order chi connectivity index (χ1) is 18.6. The first-order valence-corrected chi connectivity index (χ1v) is 11.9. The Balaban J connectivity index is 1.68. The van der Waals surface area contributed by atoms with Crippen LogP contribution in [0.1, 0.15) is 34.6 Å². The van der Waals surface area contributed by atoms with Crippen LogP contribution in [0.25, 0.3) is 10.9 Å². The number of nitrogens with zero attached hydrogens (tertiary/aromatic N) is 2. The number of aliphatic carboxylic acids is 2. The second-order valence-corrected chi connectivity index (χ2v) is 8.68. The number of nitrogens with one attached hydrogen (secondary N) is 3. The van der Waals surface area contributed by atoms with Crippen LogP contribution >= 0.6 is 0 Å². The monoisotopic (exact) mass is 533 g/mol. The lowest BCUT2D eigenvalue weighted by Crippen LogP contribution is -2.41. The quantitative estimate of drug-likeness (QED) is 0.212. The Hall–Kier alpha value is -5.18. The Bertz CT molecular complexity index is 1490. The van der Waals surface area contributed by atoms with Gasteiger partial charge in [-0.2, -0.15) is 0 Å². The van der Waals surface area contributed by atoms with Gasteiger partial charge in [-0.1, -0.05) is 12.0 Å². The van der Waals surface area contributed by atoms with Crippen molar-refractivity contribution >= 4 is 40.3 Å².